The lowest BCUT2D eigenvalue weighted by Crippen LogP contribution is -2.34. The predicted molar refractivity (Wildman–Crippen MR) is 64.6 cm³/mol. The Hall–Kier alpha value is -1.91. The molecule has 0 saturated heterocycles. The molecule has 1 heterocycles. The highest BCUT2D eigenvalue weighted by Crippen LogP contribution is 2.31. The van der Waals surface area contributed by atoms with Gasteiger partial charge in [0.1, 0.15) is 0 Å². The molecule has 1 saturated carbocycles. The SMILES string of the molecule is O=C(O)CCN(Cc1ccccn1)C(=O)C1CC1. The van der Waals surface area contributed by atoms with Crippen molar-refractivity contribution in [2.75, 3.05) is 6.54 Å². The molecule has 1 aliphatic carbocycles. The summed E-state index contributed by atoms with van der Waals surface area (Å²) in [7, 11) is 0. The Morgan fingerprint density at radius 1 is 1.39 bits per heavy atom. The molecule has 1 aromatic rings. The molecule has 0 unspecified atom stereocenters. The summed E-state index contributed by atoms with van der Waals surface area (Å²) < 4.78 is 0. The summed E-state index contributed by atoms with van der Waals surface area (Å²) in [6.45, 7) is 0.644. The van der Waals surface area contributed by atoms with Gasteiger partial charge < -0.3 is 10.0 Å². The summed E-state index contributed by atoms with van der Waals surface area (Å²) in [6.07, 6.45) is 3.49. The van der Waals surface area contributed by atoms with E-state index in [0.717, 1.165) is 18.5 Å². The van der Waals surface area contributed by atoms with Gasteiger partial charge in [-0.1, -0.05) is 6.07 Å². The van der Waals surface area contributed by atoms with E-state index in [4.69, 9.17) is 5.11 Å². The van der Waals surface area contributed by atoms with Gasteiger partial charge in [-0.3, -0.25) is 14.6 Å². The van der Waals surface area contributed by atoms with Gasteiger partial charge in [-0.05, 0) is 25.0 Å². The summed E-state index contributed by atoms with van der Waals surface area (Å²) in [4.78, 5) is 28.4. The van der Waals surface area contributed by atoms with E-state index >= 15 is 0 Å². The normalized spacial score (nSPS) is 14.2. The van der Waals surface area contributed by atoms with Crippen molar-refractivity contribution in [1.29, 1.82) is 0 Å². The van der Waals surface area contributed by atoms with Crippen LogP contribution < -0.4 is 0 Å². The number of carbonyl (C=O) groups excluding carboxylic acids is 1. The van der Waals surface area contributed by atoms with Crippen molar-refractivity contribution in [1.82, 2.24) is 9.88 Å². The number of carbonyl (C=O) groups is 2. The van der Waals surface area contributed by atoms with Crippen LogP contribution in [0.2, 0.25) is 0 Å². The maximum Gasteiger partial charge on any atom is 0.305 e. The fourth-order valence-electron chi connectivity index (χ4n) is 1.77. The molecule has 0 aromatic carbocycles. The van der Waals surface area contributed by atoms with Crippen molar-refractivity contribution in [3.63, 3.8) is 0 Å². The second-order valence-corrected chi connectivity index (χ2v) is 4.50. The van der Waals surface area contributed by atoms with Crippen LogP contribution in [-0.2, 0) is 16.1 Å². The summed E-state index contributed by atoms with van der Waals surface area (Å²) in [6, 6.07) is 5.51. The minimum absolute atomic E-state index is 0.0225. The number of hydrogen-bond donors (Lipinski definition) is 1. The van der Waals surface area contributed by atoms with Crippen LogP contribution in [0.1, 0.15) is 25.0 Å². The second-order valence-electron chi connectivity index (χ2n) is 4.50. The van der Waals surface area contributed by atoms with E-state index in [2.05, 4.69) is 4.98 Å². The number of pyridine rings is 1. The zero-order chi connectivity index (χ0) is 13.0. The molecule has 18 heavy (non-hydrogen) atoms. The molecule has 2 rings (SSSR count). The molecule has 96 valence electrons. The monoisotopic (exact) mass is 248 g/mol. The van der Waals surface area contributed by atoms with Crippen LogP contribution in [0.3, 0.4) is 0 Å². The summed E-state index contributed by atoms with van der Waals surface area (Å²) in [5.74, 6) is -0.728. The smallest absolute Gasteiger partial charge is 0.305 e. The molecule has 0 bridgehead atoms. The third-order valence-electron chi connectivity index (χ3n) is 2.91. The molecule has 0 radical (unpaired) electrons. The Balaban J connectivity index is 1.99. The number of carboxylic acid groups (broad SMARTS) is 1. The van der Waals surface area contributed by atoms with Crippen molar-refractivity contribution in [3.8, 4) is 0 Å². The molecule has 1 amide bonds. The van der Waals surface area contributed by atoms with Crippen LogP contribution in [0.4, 0.5) is 0 Å². The summed E-state index contributed by atoms with van der Waals surface area (Å²) in [5.41, 5.74) is 0.789. The zero-order valence-electron chi connectivity index (χ0n) is 10.1. The van der Waals surface area contributed by atoms with Gasteiger partial charge in [-0.2, -0.15) is 0 Å². The maximum atomic E-state index is 12.0. The van der Waals surface area contributed by atoms with E-state index in [1.807, 2.05) is 18.2 Å². The third kappa shape index (κ3) is 3.55. The minimum atomic E-state index is -0.885. The van der Waals surface area contributed by atoms with E-state index < -0.39 is 5.97 Å². The Kier molecular flexibility index (Phi) is 3.92. The molecular formula is C13H16N2O3. The largest absolute Gasteiger partial charge is 0.481 e. The Morgan fingerprint density at radius 3 is 2.72 bits per heavy atom. The fraction of sp³-hybridized carbons (Fsp3) is 0.462. The number of carboxylic acids is 1. The van der Waals surface area contributed by atoms with E-state index in [0.29, 0.717) is 6.54 Å². The molecule has 1 fully saturated rings. The predicted octanol–water partition coefficient (Wildman–Crippen LogP) is 1.29. The first-order chi connectivity index (χ1) is 8.66. The first-order valence-corrected chi connectivity index (χ1v) is 6.07. The average molecular weight is 248 g/mol. The first-order valence-electron chi connectivity index (χ1n) is 6.07. The lowest BCUT2D eigenvalue weighted by atomic mass is 10.2. The number of rotatable bonds is 6. The van der Waals surface area contributed by atoms with Crippen molar-refractivity contribution in [2.24, 2.45) is 5.92 Å². The van der Waals surface area contributed by atoms with Gasteiger partial charge in [0, 0.05) is 18.7 Å². The molecule has 0 aliphatic heterocycles. The van der Waals surface area contributed by atoms with Crippen LogP contribution in [0.15, 0.2) is 24.4 Å². The number of hydrogen-bond acceptors (Lipinski definition) is 3. The van der Waals surface area contributed by atoms with Crippen molar-refractivity contribution < 1.29 is 14.7 Å². The standard InChI is InChI=1S/C13H16N2O3/c16-12(17)6-8-15(13(18)10-4-5-10)9-11-3-1-2-7-14-11/h1-3,7,10H,4-6,8-9H2,(H,16,17). The quantitative estimate of drug-likeness (QED) is 0.823. The average Bonchev–Trinajstić information content (AvgIpc) is 3.19. The van der Waals surface area contributed by atoms with Gasteiger partial charge in [0.05, 0.1) is 18.7 Å². The third-order valence-corrected chi connectivity index (χ3v) is 2.91. The van der Waals surface area contributed by atoms with Crippen LogP contribution in [0.25, 0.3) is 0 Å². The highest BCUT2D eigenvalue weighted by Gasteiger charge is 2.33. The molecule has 5 nitrogen and oxygen atoms in total. The van der Waals surface area contributed by atoms with Gasteiger partial charge in [-0.25, -0.2) is 0 Å². The number of amides is 1. The highest BCUT2D eigenvalue weighted by molar-refractivity contribution is 5.81. The van der Waals surface area contributed by atoms with Crippen molar-refractivity contribution >= 4 is 11.9 Å². The van der Waals surface area contributed by atoms with Crippen LogP contribution >= 0.6 is 0 Å². The topological polar surface area (TPSA) is 70.5 Å². The molecule has 1 aromatic heterocycles. The lowest BCUT2D eigenvalue weighted by Gasteiger charge is -2.21. The van der Waals surface area contributed by atoms with Crippen molar-refractivity contribution in [3.05, 3.63) is 30.1 Å². The Morgan fingerprint density at radius 2 is 2.17 bits per heavy atom. The van der Waals surface area contributed by atoms with Gasteiger partial charge >= 0.3 is 5.97 Å². The molecule has 1 N–H and O–H groups in total. The number of aromatic nitrogens is 1. The second kappa shape index (κ2) is 5.62. The molecule has 0 spiro atoms. The van der Waals surface area contributed by atoms with Crippen LogP contribution in [-0.4, -0.2) is 33.4 Å². The Labute approximate surface area is 105 Å². The van der Waals surface area contributed by atoms with Crippen molar-refractivity contribution in [2.45, 2.75) is 25.8 Å². The fourth-order valence-corrected chi connectivity index (χ4v) is 1.77. The zero-order valence-corrected chi connectivity index (χ0v) is 10.1. The van der Waals surface area contributed by atoms with E-state index in [1.54, 1.807) is 11.1 Å². The molecular weight excluding hydrogens is 232 g/mol. The van der Waals surface area contributed by atoms with E-state index in [9.17, 15) is 9.59 Å². The van der Waals surface area contributed by atoms with Gasteiger partial charge in [0.15, 0.2) is 0 Å². The van der Waals surface area contributed by atoms with Gasteiger partial charge in [0.25, 0.3) is 0 Å². The minimum Gasteiger partial charge on any atom is -0.481 e. The number of aliphatic carboxylic acids is 1. The first kappa shape index (κ1) is 12.5. The number of nitrogens with zero attached hydrogens (tertiary/aromatic N) is 2. The lowest BCUT2D eigenvalue weighted by molar-refractivity contribution is -0.139. The van der Waals surface area contributed by atoms with E-state index in [1.165, 1.54) is 0 Å². The molecule has 1 aliphatic rings. The summed E-state index contributed by atoms with van der Waals surface area (Å²) in [5, 5.41) is 8.71. The van der Waals surface area contributed by atoms with Crippen LogP contribution in [0, 0.1) is 5.92 Å². The molecule has 5 heteroatoms. The maximum absolute atomic E-state index is 12.0. The van der Waals surface area contributed by atoms with Gasteiger partial charge in [-0.15, -0.1) is 0 Å². The molecule has 0 atom stereocenters. The van der Waals surface area contributed by atoms with Gasteiger partial charge in [0.2, 0.25) is 5.91 Å². The van der Waals surface area contributed by atoms with E-state index in [-0.39, 0.29) is 24.8 Å². The van der Waals surface area contributed by atoms with Crippen LogP contribution in [0.5, 0.6) is 0 Å². The Bertz CT molecular complexity index is 429. The highest BCUT2D eigenvalue weighted by atomic mass is 16.4. The summed E-state index contributed by atoms with van der Waals surface area (Å²) >= 11 is 0.